The molecular weight excluding hydrogens is 282 g/mol. The zero-order valence-electron chi connectivity index (χ0n) is 12.7. The van der Waals surface area contributed by atoms with Crippen LogP contribution in [-0.2, 0) is 16.3 Å². The van der Waals surface area contributed by atoms with Gasteiger partial charge >= 0.3 is 0 Å². The number of benzene rings is 1. The fourth-order valence-electron chi connectivity index (χ4n) is 4.01. The lowest BCUT2D eigenvalue weighted by molar-refractivity contribution is 0.452. The fraction of sp³-hybridized carbons (Fsp3) is 0.647. The number of hydrogen-bond donors (Lipinski definition) is 1. The van der Waals surface area contributed by atoms with Gasteiger partial charge in [-0.15, -0.1) is 0 Å². The summed E-state index contributed by atoms with van der Waals surface area (Å²) in [6.07, 6.45) is 5.50. The zero-order chi connectivity index (χ0) is 14.9. The van der Waals surface area contributed by atoms with Gasteiger partial charge in [0.15, 0.2) is 9.84 Å². The van der Waals surface area contributed by atoms with E-state index in [-0.39, 0.29) is 16.5 Å². The molecule has 0 spiro atoms. The van der Waals surface area contributed by atoms with Crippen molar-refractivity contribution in [2.75, 3.05) is 6.54 Å². The summed E-state index contributed by atoms with van der Waals surface area (Å²) < 4.78 is 26.1. The van der Waals surface area contributed by atoms with Gasteiger partial charge in [0.05, 0.1) is 10.5 Å². The molecule has 1 aromatic rings. The number of hydrogen-bond acceptors (Lipinski definition) is 3. The van der Waals surface area contributed by atoms with Gasteiger partial charge in [-0.25, -0.2) is 8.42 Å². The monoisotopic (exact) mass is 307 g/mol. The van der Waals surface area contributed by atoms with Crippen LogP contribution in [0, 0.1) is 0 Å². The van der Waals surface area contributed by atoms with E-state index in [9.17, 15) is 8.42 Å². The van der Waals surface area contributed by atoms with Crippen LogP contribution in [0.2, 0.25) is 0 Å². The summed E-state index contributed by atoms with van der Waals surface area (Å²) in [5, 5.41) is 3.08. The molecule has 2 atom stereocenters. The molecule has 0 bridgehead atoms. The van der Waals surface area contributed by atoms with Crippen LogP contribution in [0.25, 0.3) is 0 Å². The highest BCUT2D eigenvalue weighted by molar-refractivity contribution is 7.92. The van der Waals surface area contributed by atoms with E-state index in [1.165, 1.54) is 11.1 Å². The van der Waals surface area contributed by atoms with Gasteiger partial charge in [0.25, 0.3) is 0 Å². The van der Waals surface area contributed by atoms with E-state index in [4.69, 9.17) is 0 Å². The van der Waals surface area contributed by atoms with E-state index in [1.807, 2.05) is 12.1 Å². The topological polar surface area (TPSA) is 46.2 Å². The number of sulfone groups is 1. The minimum absolute atomic E-state index is 0.0365. The van der Waals surface area contributed by atoms with Gasteiger partial charge < -0.3 is 5.32 Å². The second-order valence-electron chi connectivity index (χ2n) is 6.31. The average Bonchev–Trinajstić information content (AvgIpc) is 3.02. The van der Waals surface area contributed by atoms with Crippen LogP contribution in [0.4, 0.5) is 0 Å². The number of rotatable bonds is 4. The van der Waals surface area contributed by atoms with Crippen molar-refractivity contribution in [3.63, 3.8) is 0 Å². The highest BCUT2D eigenvalue weighted by atomic mass is 32.2. The van der Waals surface area contributed by atoms with Gasteiger partial charge in [0.1, 0.15) is 0 Å². The third-order valence-corrected chi connectivity index (χ3v) is 7.83. The molecule has 2 unspecified atom stereocenters. The van der Waals surface area contributed by atoms with Gasteiger partial charge in [0, 0.05) is 6.04 Å². The Morgan fingerprint density at radius 1 is 1.14 bits per heavy atom. The van der Waals surface area contributed by atoms with Crippen molar-refractivity contribution < 1.29 is 8.42 Å². The molecule has 0 amide bonds. The lowest BCUT2D eigenvalue weighted by Crippen LogP contribution is -2.43. The molecule has 1 fully saturated rings. The Morgan fingerprint density at radius 3 is 2.57 bits per heavy atom. The zero-order valence-corrected chi connectivity index (χ0v) is 13.5. The predicted octanol–water partition coefficient (Wildman–Crippen LogP) is 3.01. The number of fused-ring (bicyclic) bond motifs is 1. The van der Waals surface area contributed by atoms with Gasteiger partial charge in [-0.3, -0.25) is 0 Å². The van der Waals surface area contributed by atoms with Crippen molar-refractivity contribution in [3.05, 3.63) is 35.4 Å². The van der Waals surface area contributed by atoms with Crippen molar-refractivity contribution in [3.8, 4) is 0 Å². The minimum Gasteiger partial charge on any atom is -0.309 e. The Bertz CT molecular complexity index is 591. The van der Waals surface area contributed by atoms with Gasteiger partial charge in [0.2, 0.25) is 0 Å². The Hall–Kier alpha value is -0.870. The summed E-state index contributed by atoms with van der Waals surface area (Å²) in [7, 11) is -3.04. The highest BCUT2D eigenvalue weighted by Gasteiger charge is 2.42. The van der Waals surface area contributed by atoms with Crippen molar-refractivity contribution in [2.24, 2.45) is 0 Å². The number of aryl methyl sites for hydroxylation is 1. The van der Waals surface area contributed by atoms with Crippen LogP contribution in [0.5, 0.6) is 0 Å². The minimum atomic E-state index is -3.04. The quantitative estimate of drug-likeness (QED) is 0.930. The molecule has 0 heterocycles. The molecule has 1 N–H and O–H groups in total. The molecule has 21 heavy (non-hydrogen) atoms. The lowest BCUT2D eigenvalue weighted by atomic mass is 9.87. The SMILES string of the molecule is CCNC1c2ccccc2CCC1S(=O)(=O)C1CCCC1. The van der Waals surface area contributed by atoms with Gasteiger partial charge in [-0.1, -0.05) is 44.0 Å². The average molecular weight is 307 g/mol. The maximum absolute atomic E-state index is 13.0. The van der Waals surface area contributed by atoms with E-state index >= 15 is 0 Å². The standard InChI is InChI=1S/C17H25NO2S/c1-2-18-17-15-10-6-3-7-13(15)11-12-16(17)21(19,20)14-8-4-5-9-14/h3,6-7,10,14,16-18H,2,4-5,8-9,11-12H2,1H3. The second kappa shape index (κ2) is 6.09. The molecule has 4 heteroatoms. The first-order valence-electron chi connectivity index (χ1n) is 8.18. The van der Waals surface area contributed by atoms with Crippen molar-refractivity contribution in [1.82, 2.24) is 5.32 Å². The summed E-state index contributed by atoms with van der Waals surface area (Å²) >= 11 is 0. The summed E-state index contributed by atoms with van der Waals surface area (Å²) in [4.78, 5) is 0. The second-order valence-corrected chi connectivity index (χ2v) is 8.76. The summed E-state index contributed by atoms with van der Waals surface area (Å²) in [5.41, 5.74) is 2.50. The largest absolute Gasteiger partial charge is 0.309 e. The fourth-order valence-corrected chi connectivity index (χ4v) is 6.56. The molecule has 0 aromatic heterocycles. The summed E-state index contributed by atoms with van der Waals surface area (Å²) in [6, 6.07) is 8.27. The maximum Gasteiger partial charge on any atom is 0.157 e. The molecule has 3 rings (SSSR count). The Morgan fingerprint density at radius 2 is 1.86 bits per heavy atom. The van der Waals surface area contributed by atoms with Crippen LogP contribution >= 0.6 is 0 Å². The van der Waals surface area contributed by atoms with Crippen molar-refractivity contribution in [2.45, 2.75) is 62.0 Å². The van der Waals surface area contributed by atoms with Gasteiger partial charge in [-0.05, 0) is 43.4 Å². The van der Waals surface area contributed by atoms with Crippen molar-refractivity contribution in [1.29, 1.82) is 0 Å². The van der Waals surface area contributed by atoms with Crippen LogP contribution < -0.4 is 5.32 Å². The predicted molar refractivity (Wildman–Crippen MR) is 86.1 cm³/mol. The first kappa shape index (κ1) is 15.0. The lowest BCUT2D eigenvalue weighted by Gasteiger charge is -2.35. The molecule has 0 aliphatic heterocycles. The molecule has 0 radical (unpaired) electrons. The molecule has 116 valence electrons. The van der Waals surface area contributed by atoms with Crippen LogP contribution in [0.3, 0.4) is 0 Å². The van der Waals surface area contributed by atoms with E-state index in [1.54, 1.807) is 0 Å². The Balaban J connectivity index is 1.95. The van der Waals surface area contributed by atoms with Crippen LogP contribution in [-0.4, -0.2) is 25.5 Å². The van der Waals surface area contributed by atoms with Crippen LogP contribution in [0.1, 0.15) is 56.2 Å². The third-order valence-electron chi connectivity index (χ3n) is 5.07. The molecule has 1 saturated carbocycles. The Labute approximate surface area is 128 Å². The molecule has 0 saturated heterocycles. The van der Waals surface area contributed by atoms with Crippen molar-refractivity contribution >= 4 is 9.84 Å². The molecule has 2 aliphatic rings. The first-order valence-corrected chi connectivity index (χ1v) is 9.79. The first-order chi connectivity index (χ1) is 10.1. The van der Waals surface area contributed by atoms with Crippen LogP contribution in [0.15, 0.2) is 24.3 Å². The molecular formula is C17H25NO2S. The molecule has 3 nitrogen and oxygen atoms in total. The Kier molecular flexibility index (Phi) is 4.36. The van der Waals surface area contributed by atoms with E-state index in [0.29, 0.717) is 0 Å². The van der Waals surface area contributed by atoms with Gasteiger partial charge in [-0.2, -0.15) is 0 Å². The van der Waals surface area contributed by atoms with E-state index < -0.39 is 9.84 Å². The smallest absolute Gasteiger partial charge is 0.157 e. The highest BCUT2D eigenvalue weighted by Crippen LogP contribution is 2.38. The maximum atomic E-state index is 13.0. The molecule has 1 aromatic carbocycles. The molecule has 2 aliphatic carbocycles. The summed E-state index contributed by atoms with van der Waals surface area (Å²) in [5.74, 6) is 0. The third kappa shape index (κ3) is 2.76. The van der Waals surface area contributed by atoms with E-state index in [0.717, 1.165) is 45.1 Å². The summed E-state index contributed by atoms with van der Waals surface area (Å²) in [6.45, 7) is 2.85. The van der Waals surface area contributed by atoms with E-state index in [2.05, 4.69) is 24.4 Å². The normalized spacial score (nSPS) is 26.7. The number of nitrogens with one attached hydrogen (secondary N) is 1.